The second kappa shape index (κ2) is 4.75. The summed E-state index contributed by atoms with van der Waals surface area (Å²) < 4.78 is 27.8. The van der Waals surface area contributed by atoms with Crippen LogP contribution in [0.4, 0.5) is 5.69 Å². The van der Waals surface area contributed by atoms with Gasteiger partial charge >= 0.3 is 5.97 Å². The number of anilines is 1. The van der Waals surface area contributed by atoms with Crippen molar-refractivity contribution in [2.75, 3.05) is 18.6 Å². The monoisotopic (exact) mass is 257 g/mol. The molecule has 1 aromatic carbocycles. The quantitative estimate of drug-likeness (QED) is 0.648. The number of hydrogen-bond donors (Lipinski definition) is 1. The van der Waals surface area contributed by atoms with E-state index in [4.69, 9.17) is 10.5 Å². The van der Waals surface area contributed by atoms with Crippen molar-refractivity contribution in [2.45, 2.75) is 18.7 Å². The fourth-order valence-electron chi connectivity index (χ4n) is 1.50. The predicted octanol–water partition coefficient (Wildman–Crippen LogP) is 1.16. The van der Waals surface area contributed by atoms with E-state index < -0.39 is 15.8 Å². The lowest BCUT2D eigenvalue weighted by atomic mass is 10.1. The molecule has 5 nitrogen and oxygen atoms in total. The highest BCUT2D eigenvalue weighted by atomic mass is 32.2. The molecule has 0 fully saturated rings. The fourth-order valence-corrected chi connectivity index (χ4v) is 2.47. The van der Waals surface area contributed by atoms with Gasteiger partial charge in [0.15, 0.2) is 9.84 Å². The average Bonchev–Trinajstić information content (AvgIpc) is 2.15. The number of carbonyl (C=O) groups is 1. The number of carbonyl (C=O) groups excluding carboxylic acids is 1. The first kappa shape index (κ1) is 13.5. The Morgan fingerprint density at radius 1 is 1.41 bits per heavy atom. The molecular weight excluding hydrogens is 242 g/mol. The maximum atomic E-state index is 11.6. The topological polar surface area (TPSA) is 86.5 Å². The molecular formula is C11H15NO4S. The van der Waals surface area contributed by atoms with Crippen LogP contribution in [0.5, 0.6) is 0 Å². The van der Waals surface area contributed by atoms with Gasteiger partial charge in [0, 0.05) is 11.9 Å². The van der Waals surface area contributed by atoms with Crippen molar-refractivity contribution in [3.8, 4) is 0 Å². The molecule has 0 unspecified atom stereocenters. The van der Waals surface area contributed by atoms with Crippen LogP contribution in [0, 0.1) is 6.92 Å². The smallest absolute Gasteiger partial charge is 0.340 e. The highest BCUT2D eigenvalue weighted by molar-refractivity contribution is 7.90. The summed E-state index contributed by atoms with van der Waals surface area (Å²) in [4.78, 5) is 11.7. The van der Waals surface area contributed by atoms with Gasteiger partial charge < -0.3 is 10.5 Å². The summed E-state index contributed by atoms with van der Waals surface area (Å²) in [5.74, 6) is -0.616. The van der Waals surface area contributed by atoms with Crippen LogP contribution in [0.15, 0.2) is 17.0 Å². The largest absolute Gasteiger partial charge is 0.462 e. The van der Waals surface area contributed by atoms with Crippen LogP contribution in [0.25, 0.3) is 0 Å². The second-order valence-electron chi connectivity index (χ2n) is 3.70. The molecule has 0 bridgehead atoms. The minimum atomic E-state index is -3.38. The molecule has 0 aliphatic carbocycles. The van der Waals surface area contributed by atoms with Crippen LogP contribution in [0.2, 0.25) is 0 Å². The summed E-state index contributed by atoms with van der Waals surface area (Å²) in [6.07, 6.45) is 1.08. The van der Waals surface area contributed by atoms with Gasteiger partial charge in [0.25, 0.3) is 0 Å². The third-order valence-electron chi connectivity index (χ3n) is 2.24. The van der Waals surface area contributed by atoms with E-state index in [2.05, 4.69) is 0 Å². The van der Waals surface area contributed by atoms with Gasteiger partial charge in [-0.05, 0) is 31.5 Å². The summed E-state index contributed by atoms with van der Waals surface area (Å²) in [5, 5.41) is 0. The van der Waals surface area contributed by atoms with E-state index in [0.29, 0.717) is 5.56 Å². The standard InChI is InChI=1S/C11H15NO4S/c1-4-16-11(13)8-6-10(17(3,14)15)7(2)5-9(8)12/h5-6H,4,12H2,1-3H3. The summed E-state index contributed by atoms with van der Waals surface area (Å²) in [5.41, 5.74) is 6.48. The minimum Gasteiger partial charge on any atom is -0.462 e. The molecule has 0 aromatic heterocycles. The van der Waals surface area contributed by atoms with Crippen LogP contribution in [0.3, 0.4) is 0 Å². The number of nitrogens with two attached hydrogens (primary N) is 1. The normalized spacial score (nSPS) is 11.2. The van der Waals surface area contributed by atoms with E-state index in [1.807, 2.05) is 0 Å². The summed E-state index contributed by atoms with van der Waals surface area (Å²) in [6.45, 7) is 3.50. The highest BCUT2D eigenvalue weighted by Gasteiger charge is 2.18. The van der Waals surface area contributed by atoms with Gasteiger partial charge in [-0.2, -0.15) is 0 Å². The maximum Gasteiger partial charge on any atom is 0.340 e. The highest BCUT2D eigenvalue weighted by Crippen LogP contribution is 2.23. The van der Waals surface area contributed by atoms with Crippen molar-refractivity contribution in [1.29, 1.82) is 0 Å². The van der Waals surface area contributed by atoms with Gasteiger partial charge in [-0.15, -0.1) is 0 Å². The average molecular weight is 257 g/mol. The molecule has 0 aliphatic heterocycles. The molecule has 94 valence electrons. The zero-order valence-corrected chi connectivity index (χ0v) is 10.8. The summed E-state index contributed by atoms with van der Waals surface area (Å²) in [6, 6.07) is 2.72. The minimum absolute atomic E-state index is 0.0814. The Bertz CT molecular complexity index is 549. The van der Waals surface area contributed by atoms with E-state index in [0.717, 1.165) is 6.26 Å². The molecule has 17 heavy (non-hydrogen) atoms. The van der Waals surface area contributed by atoms with Gasteiger partial charge in [0.1, 0.15) is 0 Å². The van der Waals surface area contributed by atoms with Gasteiger partial charge in [-0.25, -0.2) is 13.2 Å². The van der Waals surface area contributed by atoms with Crippen LogP contribution in [-0.2, 0) is 14.6 Å². The van der Waals surface area contributed by atoms with Gasteiger partial charge in [-0.3, -0.25) is 0 Å². The Morgan fingerprint density at radius 2 is 2.00 bits per heavy atom. The predicted molar refractivity (Wildman–Crippen MR) is 64.7 cm³/mol. The molecule has 0 aliphatic rings. The number of nitrogen functional groups attached to an aromatic ring is 1. The lowest BCUT2D eigenvalue weighted by molar-refractivity contribution is 0.0527. The molecule has 0 spiro atoms. The van der Waals surface area contributed by atoms with Crippen molar-refractivity contribution >= 4 is 21.5 Å². The van der Waals surface area contributed by atoms with Crippen LogP contribution in [0.1, 0.15) is 22.8 Å². The van der Waals surface area contributed by atoms with Gasteiger partial charge in [0.2, 0.25) is 0 Å². The fraction of sp³-hybridized carbons (Fsp3) is 0.364. The zero-order valence-electron chi connectivity index (χ0n) is 9.98. The SMILES string of the molecule is CCOC(=O)c1cc(S(C)(=O)=O)c(C)cc1N. The first-order chi connectivity index (χ1) is 7.77. The Hall–Kier alpha value is -1.56. The number of esters is 1. The van der Waals surface area contributed by atoms with Crippen LogP contribution in [-0.4, -0.2) is 27.2 Å². The third kappa shape index (κ3) is 2.97. The van der Waals surface area contributed by atoms with Crippen molar-refractivity contribution < 1.29 is 17.9 Å². The van der Waals surface area contributed by atoms with Crippen molar-refractivity contribution in [1.82, 2.24) is 0 Å². The molecule has 2 N–H and O–H groups in total. The molecule has 0 saturated carbocycles. The van der Waals surface area contributed by atoms with E-state index >= 15 is 0 Å². The third-order valence-corrected chi connectivity index (χ3v) is 3.48. The number of ether oxygens (including phenoxy) is 1. The number of aryl methyl sites for hydroxylation is 1. The first-order valence-electron chi connectivity index (χ1n) is 5.04. The molecule has 0 radical (unpaired) electrons. The summed E-state index contributed by atoms with van der Waals surface area (Å²) in [7, 11) is -3.38. The van der Waals surface area contributed by atoms with Crippen LogP contribution >= 0.6 is 0 Å². The Kier molecular flexibility index (Phi) is 3.77. The molecule has 0 atom stereocenters. The van der Waals surface area contributed by atoms with E-state index in [9.17, 15) is 13.2 Å². The lowest BCUT2D eigenvalue weighted by Crippen LogP contribution is -2.11. The Morgan fingerprint density at radius 3 is 2.47 bits per heavy atom. The van der Waals surface area contributed by atoms with Crippen molar-refractivity contribution in [3.63, 3.8) is 0 Å². The zero-order chi connectivity index (χ0) is 13.2. The number of hydrogen-bond acceptors (Lipinski definition) is 5. The summed E-state index contributed by atoms with van der Waals surface area (Å²) >= 11 is 0. The second-order valence-corrected chi connectivity index (χ2v) is 5.68. The number of sulfone groups is 1. The Balaban J connectivity index is 3.39. The van der Waals surface area contributed by atoms with Crippen molar-refractivity contribution in [2.24, 2.45) is 0 Å². The van der Waals surface area contributed by atoms with E-state index in [1.54, 1.807) is 13.8 Å². The molecule has 6 heteroatoms. The van der Waals surface area contributed by atoms with Crippen LogP contribution < -0.4 is 5.73 Å². The number of benzene rings is 1. The first-order valence-corrected chi connectivity index (χ1v) is 6.93. The van der Waals surface area contributed by atoms with Gasteiger partial charge in [-0.1, -0.05) is 0 Å². The molecule has 0 heterocycles. The molecule has 1 rings (SSSR count). The van der Waals surface area contributed by atoms with Gasteiger partial charge in [0.05, 0.1) is 17.1 Å². The molecule has 0 saturated heterocycles. The maximum absolute atomic E-state index is 11.6. The van der Waals surface area contributed by atoms with E-state index in [1.165, 1.54) is 12.1 Å². The molecule has 1 aromatic rings. The van der Waals surface area contributed by atoms with E-state index in [-0.39, 0.29) is 22.8 Å². The van der Waals surface area contributed by atoms with Crippen molar-refractivity contribution in [3.05, 3.63) is 23.3 Å². The Labute approximate surface area is 100 Å². The molecule has 0 amide bonds. The lowest BCUT2D eigenvalue weighted by Gasteiger charge is -2.10. The number of rotatable bonds is 3.